The van der Waals surface area contributed by atoms with E-state index in [1.165, 1.54) is 0 Å². The van der Waals surface area contributed by atoms with E-state index >= 15 is 0 Å². The Kier molecular flexibility index (Phi) is 3.72. The Morgan fingerprint density at radius 1 is 1.06 bits per heavy atom. The van der Waals surface area contributed by atoms with Crippen molar-refractivity contribution in [2.24, 2.45) is 0 Å². The summed E-state index contributed by atoms with van der Waals surface area (Å²) in [4.78, 5) is 12.9. The molecular formula is C15H17N2O+. The first kappa shape index (κ1) is 12.3. The van der Waals surface area contributed by atoms with Crippen molar-refractivity contribution in [2.75, 3.05) is 5.43 Å². The molecule has 0 bridgehead atoms. The molecule has 0 radical (unpaired) electrons. The molecule has 0 saturated heterocycles. The average molecular weight is 241 g/mol. The molecule has 0 aliphatic carbocycles. The third-order valence-electron chi connectivity index (χ3n) is 2.95. The van der Waals surface area contributed by atoms with Crippen LogP contribution in [0.1, 0.15) is 18.1 Å². The van der Waals surface area contributed by atoms with Crippen molar-refractivity contribution < 1.29 is 4.87 Å². The van der Waals surface area contributed by atoms with E-state index in [2.05, 4.69) is 12.3 Å². The molecule has 1 N–H and O–H groups in total. The van der Waals surface area contributed by atoms with Crippen LogP contribution < -0.4 is 5.43 Å². The van der Waals surface area contributed by atoms with Gasteiger partial charge in [0.05, 0.1) is 4.91 Å². The number of hydrogen-bond acceptors (Lipinski definition) is 1. The number of nitroso groups, excluding NO2 is 1. The predicted octanol–water partition coefficient (Wildman–Crippen LogP) is 3.99. The van der Waals surface area contributed by atoms with Crippen molar-refractivity contribution >= 4 is 11.4 Å². The van der Waals surface area contributed by atoms with Crippen LogP contribution in [0.5, 0.6) is 0 Å². The van der Waals surface area contributed by atoms with Crippen LogP contribution in [-0.2, 0) is 6.42 Å². The summed E-state index contributed by atoms with van der Waals surface area (Å²) in [5.41, 5.74) is 6.48. The second kappa shape index (κ2) is 5.45. The molecule has 2 aromatic rings. The molecule has 3 heteroatoms. The minimum atomic E-state index is 0.642. The number of aryl methyl sites for hydroxylation is 2. The molecule has 0 spiro atoms. The zero-order chi connectivity index (χ0) is 13.0. The first-order valence-electron chi connectivity index (χ1n) is 6.10. The van der Waals surface area contributed by atoms with Crippen LogP contribution in [-0.4, -0.2) is 4.87 Å². The summed E-state index contributed by atoms with van der Waals surface area (Å²) in [6, 6.07) is 15.4. The minimum Gasteiger partial charge on any atom is -0.114 e. The highest BCUT2D eigenvalue weighted by Crippen LogP contribution is 2.20. The number of hydrogen-bond donors (Lipinski definition) is 1. The number of hydrazine groups is 1. The lowest BCUT2D eigenvalue weighted by Crippen LogP contribution is -2.12. The molecule has 0 saturated carbocycles. The van der Waals surface area contributed by atoms with Gasteiger partial charge in [0, 0.05) is 11.6 Å². The molecule has 0 unspecified atom stereocenters. The van der Waals surface area contributed by atoms with Gasteiger partial charge in [-0.2, -0.15) is 0 Å². The van der Waals surface area contributed by atoms with E-state index in [0.717, 1.165) is 28.1 Å². The summed E-state index contributed by atoms with van der Waals surface area (Å²) in [7, 11) is 0. The van der Waals surface area contributed by atoms with Crippen LogP contribution in [0.15, 0.2) is 48.5 Å². The van der Waals surface area contributed by atoms with Crippen molar-refractivity contribution in [1.82, 2.24) is 0 Å². The molecule has 18 heavy (non-hydrogen) atoms. The highest BCUT2D eigenvalue weighted by molar-refractivity contribution is 5.50. The molecule has 0 heterocycles. The molecule has 3 nitrogen and oxygen atoms in total. The van der Waals surface area contributed by atoms with Crippen molar-refractivity contribution in [2.45, 2.75) is 20.3 Å². The maximum Gasteiger partial charge on any atom is 0.295 e. The van der Waals surface area contributed by atoms with E-state index in [-0.39, 0.29) is 0 Å². The summed E-state index contributed by atoms with van der Waals surface area (Å²) < 4.78 is 0. The van der Waals surface area contributed by atoms with E-state index in [1.807, 2.05) is 55.5 Å². The number of nitrogens with zero attached hydrogens (tertiary/aromatic N) is 1. The first-order chi connectivity index (χ1) is 8.72. The average Bonchev–Trinajstić information content (AvgIpc) is 2.39. The van der Waals surface area contributed by atoms with E-state index in [0.29, 0.717) is 5.69 Å². The maximum atomic E-state index is 12.1. The highest BCUT2D eigenvalue weighted by Gasteiger charge is 2.17. The van der Waals surface area contributed by atoms with Crippen LogP contribution in [0.2, 0.25) is 0 Å². The van der Waals surface area contributed by atoms with E-state index in [1.54, 1.807) is 0 Å². The van der Waals surface area contributed by atoms with Gasteiger partial charge in [-0.1, -0.05) is 43.3 Å². The first-order valence-corrected chi connectivity index (χ1v) is 6.10. The van der Waals surface area contributed by atoms with Crippen LogP contribution in [0.25, 0.3) is 0 Å². The fraction of sp³-hybridized carbons (Fsp3) is 0.200. The van der Waals surface area contributed by atoms with Gasteiger partial charge in [-0.15, -0.1) is 5.43 Å². The number of nitrogens with one attached hydrogen (secondary N) is 1. The van der Waals surface area contributed by atoms with Crippen LogP contribution >= 0.6 is 0 Å². The van der Waals surface area contributed by atoms with Gasteiger partial charge in [0.15, 0.2) is 4.87 Å². The molecule has 2 aromatic carbocycles. The molecule has 0 aliphatic heterocycles. The van der Waals surface area contributed by atoms with E-state index in [4.69, 9.17) is 0 Å². The Morgan fingerprint density at radius 2 is 1.72 bits per heavy atom. The Labute approximate surface area is 107 Å². The molecule has 92 valence electrons. The second-order valence-corrected chi connectivity index (χ2v) is 4.20. The largest absolute Gasteiger partial charge is 0.295 e. The highest BCUT2D eigenvalue weighted by atomic mass is 16.3. The fourth-order valence-corrected chi connectivity index (χ4v) is 1.90. The van der Waals surface area contributed by atoms with Crippen LogP contribution in [0.3, 0.4) is 0 Å². The monoisotopic (exact) mass is 241 g/mol. The van der Waals surface area contributed by atoms with Crippen LogP contribution in [0, 0.1) is 11.8 Å². The predicted molar refractivity (Wildman–Crippen MR) is 73.9 cm³/mol. The third-order valence-corrected chi connectivity index (χ3v) is 2.95. The normalized spacial score (nSPS) is 10.1. The number of benzene rings is 2. The topological polar surface area (TPSA) is 32.1 Å². The van der Waals surface area contributed by atoms with Gasteiger partial charge in [-0.05, 0) is 25.0 Å². The summed E-state index contributed by atoms with van der Waals surface area (Å²) in [5.74, 6) is 0. The lowest BCUT2D eigenvalue weighted by atomic mass is 10.1. The minimum absolute atomic E-state index is 0.642. The van der Waals surface area contributed by atoms with Gasteiger partial charge in [-0.3, -0.25) is 0 Å². The van der Waals surface area contributed by atoms with Gasteiger partial charge >= 0.3 is 0 Å². The summed E-state index contributed by atoms with van der Waals surface area (Å²) in [6.07, 6.45) is 0.894. The Hall–Kier alpha value is -2.16. The summed E-state index contributed by atoms with van der Waals surface area (Å²) in [5, 5.41) is 0. The third kappa shape index (κ3) is 2.56. The van der Waals surface area contributed by atoms with Gasteiger partial charge in [0.25, 0.3) is 5.69 Å². The number of anilines is 1. The Bertz CT molecular complexity index is 564. The Morgan fingerprint density at radius 3 is 2.44 bits per heavy atom. The summed E-state index contributed by atoms with van der Waals surface area (Å²) >= 11 is 0. The lowest BCUT2D eigenvalue weighted by Gasteiger charge is -2.04. The smallest absolute Gasteiger partial charge is 0.114 e. The molecule has 0 atom stereocenters. The van der Waals surface area contributed by atoms with E-state index < -0.39 is 0 Å². The molecule has 2 rings (SSSR count). The standard InChI is InChI=1S/C15H17N2O/c1-3-13-9-5-6-10-14(13)16-17(18)15-11-7-4-8-12(15)2/h4-11H,3H2,1-2H3,(H,16,18)/q+1. The molecule has 0 aromatic heterocycles. The second-order valence-electron chi connectivity index (χ2n) is 4.20. The zero-order valence-corrected chi connectivity index (χ0v) is 10.7. The number of para-hydroxylation sites is 2. The fourth-order valence-electron chi connectivity index (χ4n) is 1.90. The van der Waals surface area contributed by atoms with Crippen molar-refractivity contribution in [3.63, 3.8) is 0 Å². The van der Waals surface area contributed by atoms with Gasteiger partial charge in [0.2, 0.25) is 0 Å². The van der Waals surface area contributed by atoms with Crippen molar-refractivity contribution in [1.29, 1.82) is 0 Å². The SMILES string of the molecule is CCc1ccccc1N[N+](=O)c1ccccc1C. The van der Waals surface area contributed by atoms with Crippen LogP contribution in [0.4, 0.5) is 11.4 Å². The maximum absolute atomic E-state index is 12.1. The van der Waals surface area contributed by atoms with E-state index in [9.17, 15) is 4.91 Å². The number of rotatable bonds is 4. The van der Waals surface area contributed by atoms with Gasteiger partial charge in [0.1, 0.15) is 5.69 Å². The van der Waals surface area contributed by atoms with Gasteiger partial charge < -0.3 is 0 Å². The quantitative estimate of drug-likeness (QED) is 0.648. The molecular weight excluding hydrogens is 224 g/mol. The van der Waals surface area contributed by atoms with Crippen molar-refractivity contribution in [3.8, 4) is 0 Å². The molecule has 0 amide bonds. The lowest BCUT2D eigenvalue weighted by molar-refractivity contribution is -0.428. The zero-order valence-electron chi connectivity index (χ0n) is 10.7. The molecule has 0 fully saturated rings. The van der Waals surface area contributed by atoms with Gasteiger partial charge in [-0.25, -0.2) is 0 Å². The Balaban J connectivity index is 2.24. The molecule has 0 aliphatic rings. The van der Waals surface area contributed by atoms with Crippen molar-refractivity contribution in [3.05, 3.63) is 64.6 Å². The summed E-state index contributed by atoms with van der Waals surface area (Å²) in [6.45, 7) is 4.00.